The lowest BCUT2D eigenvalue weighted by Crippen LogP contribution is -2.42. The molecule has 0 spiro atoms. The fourth-order valence-corrected chi connectivity index (χ4v) is 5.62. The van der Waals surface area contributed by atoms with Crippen LogP contribution in [0.25, 0.3) is 0 Å². The van der Waals surface area contributed by atoms with Crippen molar-refractivity contribution in [2.75, 3.05) is 5.32 Å². The molecule has 1 fully saturated rings. The van der Waals surface area contributed by atoms with E-state index in [1.165, 1.54) is 11.3 Å². The highest BCUT2D eigenvalue weighted by Gasteiger charge is 2.34. The van der Waals surface area contributed by atoms with Crippen LogP contribution in [0.5, 0.6) is 0 Å². The highest BCUT2D eigenvalue weighted by molar-refractivity contribution is 7.82. The lowest BCUT2D eigenvalue weighted by molar-refractivity contribution is 0.0535. The lowest BCUT2D eigenvalue weighted by atomic mass is 9.71. The minimum atomic E-state index is -0.318. The van der Waals surface area contributed by atoms with E-state index in [0.717, 1.165) is 35.5 Å². The predicted octanol–water partition coefficient (Wildman–Crippen LogP) is 5.69. The Morgan fingerprint density at radius 3 is 2.34 bits per heavy atom. The van der Waals surface area contributed by atoms with Gasteiger partial charge in [-0.25, -0.2) is 0 Å². The number of aromatic nitrogens is 4. The smallest absolute Gasteiger partial charge is 0.270 e. The molecule has 0 unspecified atom stereocenters. The number of anilines is 1. The number of rotatable bonds is 6. The first kappa shape index (κ1) is 26.9. The number of carbonyl (C=O) groups is 2. The monoisotopic (exact) mass is 514 g/mol. The first-order chi connectivity index (χ1) is 16.2. The third kappa shape index (κ3) is 6.70. The summed E-state index contributed by atoms with van der Waals surface area (Å²) >= 11 is 5.81. The predicted molar refractivity (Wildman–Crippen MR) is 142 cm³/mol. The summed E-state index contributed by atoms with van der Waals surface area (Å²) in [5.74, 6) is 0.518. The number of hydrogen-bond acceptors (Lipinski definition) is 7. The maximum Gasteiger partial charge on any atom is 0.270 e. The van der Waals surface area contributed by atoms with Crippen molar-refractivity contribution < 1.29 is 9.59 Å². The van der Waals surface area contributed by atoms with Gasteiger partial charge in [0.1, 0.15) is 0 Å². The molecule has 35 heavy (non-hydrogen) atoms. The van der Waals surface area contributed by atoms with E-state index in [0.29, 0.717) is 22.9 Å². The number of tetrazole rings is 1. The molecule has 2 heterocycles. The first-order valence-electron chi connectivity index (χ1n) is 11.4. The summed E-state index contributed by atoms with van der Waals surface area (Å²) in [7, 11) is 0. The summed E-state index contributed by atoms with van der Waals surface area (Å²) in [5.41, 5.74) is 1.74. The summed E-state index contributed by atoms with van der Waals surface area (Å²) < 4.78 is 0.830. The number of nitrogens with one attached hydrogen (secondary N) is 2. The molecule has 2 aromatic heterocycles. The van der Waals surface area contributed by atoms with Crippen molar-refractivity contribution in [1.82, 2.24) is 25.5 Å². The minimum absolute atomic E-state index is 0. The summed E-state index contributed by atoms with van der Waals surface area (Å²) in [6.45, 7) is 7.40. The summed E-state index contributed by atoms with van der Waals surface area (Å²) in [6, 6.07) is 11.2. The molecule has 0 atom stereocenters. The highest BCUT2D eigenvalue weighted by atomic mass is 32.2. The van der Waals surface area contributed by atoms with Crippen molar-refractivity contribution in [1.29, 1.82) is 0 Å². The van der Waals surface area contributed by atoms with Crippen LogP contribution in [0.4, 0.5) is 5.95 Å². The molecule has 2 amide bonds. The maximum absolute atomic E-state index is 13.5. The second-order valence-electron chi connectivity index (χ2n) is 9.83. The number of nitrogens with zero attached hydrogens (tertiary/aromatic N) is 4. The van der Waals surface area contributed by atoms with E-state index in [4.69, 9.17) is 0 Å². The van der Waals surface area contributed by atoms with Crippen LogP contribution in [-0.4, -0.2) is 43.4 Å². The molecule has 1 aliphatic carbocycles. The van der Waals surface area contributed by atoms with Crippen LogP contribution in [0.3, 0.4) is 0 Å². The molecule has 2 N–H and O–H groups in total. The maximum atomic E-state index is 13.5. The van der Waals surface area contributed by atoms with Gasteiger partial charge >= 0.3 is 0 Å². The van der Waals surface area contributed by atoms with Crippen molar-refractivity contribution in [3.8, 4) is 0 Å². The number of H-pyrrole nitrogens is 1. The van der Waals surface area contributed by atoms with E-state index in [2.05, 4.69) is 59.3 Å². The van der Waals surface area contributed by atoms with Gasteiger partial charge in [0.05, 0.1) is 9.09 Å². The molecule has 1 aliphatic rings. The average molecular weight is 515 g/mol. The Morgan fingerprint density at radius 2 is 1.80 bits per heavy atom. The molecule has 3 aromatic rings. The average Bonchev–Trinajstić information content (AvgIpc) is 3.48. The van der Waals surface area contributed by atoms with Crippen molar-refractivity contribution in [2.45, 2.75) is 70.7 Å². The number of amides is 2. The van der Waals surface area contributed by atoms with E-state index in [9.17, 15) is 9.59 Å². The van der Waals surface area contributed by atoms with Gasteiger partial charge in [-0.3, -0.25) is 14.9 Å². The summed E-state index contributed by atoms with van der Waals surface area (Å²) in [6.07, 6.45) is 4.24. The number of carbonyl (C=O) groups excluding carboxylic acids is 2. The first-order valence-corrected chi connectivity index (χ1v) is 12.7. The standard InChI is InChI=1S/C24H30N6O2S2.CH4/c1-24(2,3)17-8-10-18(11-9-17)30(22(32)19-12-13-20(33)34-19)14-15-4-6-16(7-5-15)21(31)25-23-26-28-29-27-23;/h4-7,12-13,17-18,33H,8-11,14H2,1-3H3,(H2,25,26,27,28,29,31);1H4. The van der Waals surface area contributed by atoms with Crippen molar-refractivity contribution in [2.24, 2.45) is 11.3 Å². The third-order valence-electron chi connectivity index (χ3n) is 6.57. The molecule has 10 heteroatoms. The van der Waals surface area contributed by atoms with Gasteiger partial charge in [0.15, 0.2) is 0 Å². The molecule has 0 bridgehead atoms. The van der Waals surface area contributed by atoms with Crippen molar-refractivity contribution >= 4 is 41.7 Å². The molecule has 0 saturated heterocycles. The molecule has 188 valence electrons. The van der Waals surface area contributed by atoms with Gasteiger partial charge in [-0.2, -0.15) is 5.21 Å². The van der Waals surface area contributed by atoms with Crippen LogP contribution in [0.1, 0.15) is 79.5 Å². The Kier molecular flexibility index (Phi) is 8.71. The van der Waals surface area contributed by atoms with Crippen LogP contribution in [-0.2, 0) is 6.54 Å². The van der Waals surface area contributed by atoms with Gasteiger partial charge in [0.2, 0.25) is 0 Å². The summed E-state index contributed by atoms with van der Waals surface area (Å²) in [4.78, 5) is 28.6. The van der Waals surface area contributed by atoms with Crippen LogP contribution in [0.2, 0.25) is 0 Å². The number of hydrogen-bond donors (Lipinski definition) is 3. The van der Waals surface area contributed by atoms with Crippen LogP contribution in [0, 0.1) is 11.3 Å². The van der Waals surface area contributed by atoms with Crippen LogP contribution >= 0.6 is 24.0 Å². The SMILES string of the molecule is C.CC(C)(C)C1CCC(N(Cc2ccc(C(=O)Nc3nn[nH]n3)cc2)C(=O)c2ccc(S)s2)CC1. The van der Waals surface area contributed by atoms with Gasteiger partial charge in [-0.1, -0.05) is 45.4 Å². The van der Waals surface area contributed by atoms with Crippen molar-refractivity contribution in [3.05, 3.63) is 52.4 Å². The lowest BCUT2D eigenvalue weighted by Gasteiger charge is -2.41. The van der Waals surface area contributed by atoms with Crippen molar-refractivity contribution in [3.63, 3.8) is 0 Å². The second kappa shape index (κ2) is 11.3. The van der Waals surface area contributed by atoms with Gasteiger partial charge in [0.25, 0.3) is 17.8 Å². The zero-order valence-electron chi connectivity index (χ0n) is 19.6. The fourth-order valence-electron chi connectivity index (χ4n) is 4.55. The highest BCUT2D eigenvalue weighted by Crippen LogP contribution is 2.39. The van der Waals surface area contributed by atoms with E-state index in [-0.39, 0.29) is 36.6 Å². The Bertz CT molecular complexity index is 1110. The molecule has 0 radical (unpaired) electrons. The number of aromatic amines is 1. The van der Waals surface area contributed by atoms with E-state index in [1.54, 1.807) is 12.1 Å². The Hall–Kier alpha value is -2.72. The number of thiol groups is 1. The van der Waals surface area contributed by atoms with Gasteiger partial charge in [-0.15, -0.1) is 29.1 Å². The molecule has 0 aliphatic heterocycles. The van der Waals surface area contributed by atoms with E-state index in [1.807, 2.05) is 29.2 Å². The zero-order valence-corrected chi connectivity index (χ0v) is 21.3. The van der Waals surface area contributed by atoms with Gasteiger partial charge in [-0.05, 0) is 72.1 Å². The largest absolute Gasteiger partial charge is 0.331 e. The fraction of sp³-hybridized carbons (Fsp3) is 0.480. The molecule has 1 saturated carbocycles. The number of thiophene rings is 1. The molecule has 4 rings (SSSR count). The van der Waals surface area contributed by atoms with Crippen LogP contribution < -0.4 is 5.32 Å². The van der Waals surface area contributed by atoms with Crippen LogP contribution in [0.15, 0.2) is 40.6 Å². The van der Waals surface area contributed by atoms with Gasteiger partial charge < -0.3 is 4.90 Å². The van der Waals surface area contributed by atoms with Gasteiger partial charge in [0, 0.05) is 18.2 Å². The zero-order chi connectivity index (χ0) is 24.3. The Balaban J connectivity index is 0.00000342. The quantitative estimate of drug-likeness (QED) is 0.367. The molecular formula is C25H34N6O2S2. The number of benzene rings is 1. The normalized spacial score (nSPS) is 17.9. The summed E-state index contributed by atoms with van der Waals surface area (Å²) in [5, 5.41) is 15.8. The second-order valence-corrected chi connectivity index (χ2v) is 11.7. The molecular weight excluding hydrogens is 480 g/mol. The molecule has 8 nitrogen and oxygen atoms in total. The van der Waals surface area contributed by atoms with E-state index < -0.39 is 0 Å². The Morgan fingerprint density at radius 1 is 1.11 bits per heavy atom. The third-order valence-corrected chi connectivity index (χ3v) is 7.86. The Labute approximate surface area is 216 Å². The topological polar surface area (TPSA) is 104 Å². The van der Waals surface area contributed by atoms with E-state index >= 15 is 0 Å². The molecule has 1 aromatic carbocycles. The minimum Gasteiger partial charge on any atom is -0.331 e.